The van der Waals surface area contributed by atoms with Crippen LogP contribution in [-0.2, 0) is 20.0 Å². The molecule has 9 heteroatoms. The van der Waals surface area contributed by atoms with Crippen molar-refractivity contribution in [2.75, 3.05) is 6.54 Å². The van der Waals surface area contributed by atoms with Gasteiger partial charge < -0.3 is 0 Å². The number of nitrogens with two attached hydrogens (primary N) is 1. The lowest BCUT2D eigenvalue weighted by atomic mass is 10.0. The lowest BCUT2D eigenvalue weighted by Gasteiger charge is -2.30. The van der Waals surface area contributed by atoms with Crippen molar-refractivity contribution in [3.05, 3.63) is 24.0 Å². The first-order chi connectivity index (χ1) is 9.46. The lowest BCUT2D eigenvalue weighted by Crippen LogP contribution is -2.42. The third kappa shape index (κ3) is 2.96. The second-order valence-corrected chi connectivity index (χ2v) is 9.02. The van der Waals surface area contributed by atoms with Crippen LogP contribution < -0.4 is 5.14 Å². The number of hydrogen-bond donors (Lipinski definition) is 1. The molecule has 118 valence electrons. The van der Waals surface area contributed by atoms with Crippen LogP contribution in [0.4, 0.5) is 4.39 Å². The van der Waals surface area contributed by atoms with Crippen molar-refractivity contribution in [3.63, 3.8) is 0 Å². The average Bonchev–Trinajstić information content (AvgIpc) is 2.68. The standard InChI is InChI=1S/C12H17FN2O4S2/c1-12(2)6-3-7-15(12)21(18,19)11-5-4-9(8-10(11)13)20(14,16)17/h4-5,8H,3,6-7H2,1-2H3,(H2,14,16,17). The summed E-state index contributed by atoms with van der Waals surface area (Å²) in [6, 6.07) is 2.57. The summed E-state index contributed by atoms with van der Waals surface area (Å²) < 4.78 is 62.7. The number of rotatable bonds is 3. The van der Waals surface area contributed by atoms with Crippen LogP contribution in [0.5, 0.6) is 0 Å². The number of halogens is 1. The lowest BCUT2D eigenvalue weighted by molar-refractivity contribution is 0.290. The van der Waals surface area contributed by atoms with E-state index in [0.29, 0.717) is 25.5 Å². The van der Waals surface area contributed by atoms with Gasteiger partial charge in [-0.05, 0) is 44.9 Å². The van der Waals surface area contributed by atoms with E-state index in [2.05, 4.69) is 0 Å². The maximum atomic E-state index is 14.1. The number of sulfonamides is 2. The molecule has 0 radical (unpaired) electrons. The predicted molar refractivity (Wildman–Crippen MR) is 75.0 cm³/mol. The van der Waals surface area contributed by atoms with E-state index in [4.69, 9.17) is 5.14 Å². The summed E-state index contributed by atoms with van der Waals surface area (Å²) in [5, 5.41) is 4.90. The maximum absolute atomic E-state index is 14.1. The fourth-order valence-corrected chi connectivity index (χ4v) is 4.93. The maximum Gasteiger partial charge on any atom is 0.246 e. The highest BCUT2D eigenvalue weighted by Crippen LogP contribution is 2.34. The minimum atomic E-state index is -4.08. The van der Waals surface area contributed by atoms with Gasteiger partial charge in [0.05, 0.1) is 4.90 Å². The molecule has 0 atom stereocenters. The van der Waals surface area contributed by atoms with Gasteiger partial charge in [0.15, 0.2) is 0 Å². The van der Waals surface area contributed by atoms with Crippen LogP contribution in [0.2, 0.25) is 0 Å². The molecular formula is C12H17FN2O4S2. The molecule has 1 fully saturated rings. The molecule has 1 aromatic carbocycles. The predicted octanol–water partition coefficient (Wildman–Crippen LogP) is 1.04. The van der Waals surface area contributed by atoms with Crippen molar-refractivity contribution >= 4 is 20.0 Å². The molecule has 1 aromatic rings. The van der Waals surface area contributed by atoms with Crippen molar-refractivity contribution in [2.24, 2.45) is 5.14 Å². The molecule has 0 amide bonds. The summed E-state index contributed by atoms with van der Waals surface area (Å²) in [6.07, 6.45) is 1.38. The molecule has 1 heterocycles. The molecule has 1 saturated heterocycles. The second-order valence-electron chi connectivity index (χ2n) is 5.63. The van der Waals surface area contributed by atoms with E-state index >= 15 is 0 Å². The molecule has 1 aliphatic heterocycles. The molecule has 21 heavy (non-hydrogen) atoms. The fraction of sp³-hybridized carbons (Fsp3) is 0.500. The SMILES string of the molecule is CC1(C)CCCN1S(=O)(=O)c1ccc(S(N)(=O)=O)cc1F. The molecule has 0 saturated carbocycles. The normalized spacial score (nSPS) is 19.8. The summed E-state index contributed by atoms with van der Waals surface area (Å²) in [5.74, 6) is -1.12. The quantitative estimate of drug-likeness (QED) is 0.891. The summed E-state index contributed by atoms with van der Waals surface area (Å²) in [5.41, 5.74) is -0.593. The smallest absolute Gasteiger partial charge is 0.225 e. The number of hydrogen-bond acceptors (Lipinski definition) is 4. The topological polar surface area (TPSA) is 97.5 Å². The van der Waals surface area contributed by atoms with Gasteiger partial charge in [-0.25, -0.2) is 26.4 Å². The van der Waals surface area contributed by atoms with E-state index in [1.165, 1.54) is 4.31 Å². The van der Waals surface area contributed by atoms with E-state index in [1.54, 1.807) is 13.8 Å². The average molecular weight is 336 g/mol. The third-order valence-electron chi connectivity index (χ3n) is 3.62. The zero-order valence-electron chi connectivity index (χ0n) is 11.7. The second kappa shape index (κ2) is 5.01. The molecule has 0 bridgehead atoms. The van der Waals surface area contributed by atoms with E-state index in [0.717, 1.165) is 12.1 Å². The third-order valence-corrected chi connectivity index (χ3v) is 6.68. The summed E-state index contributed by atoms with van der Waals surface area (Å²) >= 11 is 0. The number of nitrogens with zero attached hydrogens (tertiary/aromatic N) is 1. The first-order valence-corrected chi connectivity index (χ1v) is 9.30. The van der Waals surface area contributed by atoms with Crippen LogP contribution in [0, 0.1) is 5.82 Å². The monoisotopic (exact) mass is 336 g/mol. The van der Waals surface area contributed by atoms with Crippen LogP contribution in [0.1, 0.15) is 26.7 Å². The van der Waals surface area contributed by atoms with Crippen LogP contribution in [0.3, 0.4) is 0 Å². The first kappa shape index (κ1) is 16.3. The van der Waals surface area contributed by atoms with Gasteiger partial charge in [-0.15, -0.1) is 0 Å². The van der Waals surface area contributed by atoms with Gasteiger partial charge in [0.2, 0.25) is 20.0 Å². The Morgan fingerprint density at radius 2 is 1.86 bits per heavy atom. The first-order valence-electron chi connectivity index (χ1n) is 6.31. The Labute approximate surface area is 123 Å². The number of benzene rings is 1. The summed E-state index contributed by atoms with van der Waals surface area (Å²) in [7, 11) is -8.09. The highest BCUT2D eigenvalue weighted by Gasteiger charge is 2.41. The molecule has 2 rings (SSSR count). The Morgan fingerprint density at radius 1 is 1.24 bits per heavy atom. The molecule has 0 aliphatic carbocycles. The van der Waals surface area contributed by atoms with E-state index in [1.807, 2.05) is 0 Å². The van der Waals surface area contributed by atoms with Crippen molar-refractivity contribution in [3.8, 4) is 0 Å². The van der Waals surface area contributed by atoms with Gasteiger partial charge in [0.25, 0.3) is 0 Å². The van der Waals surface area contributed by atoms with Crippen molar-refractivity contribution in [2.45, 2.75) is 42.0 Å². The summed E-state index contributed by atoms with van der Waals surface area (Å²) in [4.78, 5) is -0.996. The van der Waals surface area contributed by atoms with Gasteiger partial charge in [-0.2, -0.15) is 4.31 Å². The van der Waals surface area contributed by atoms with Gasteiger partial charge in [-0.3, -0.25) is 0 Å². The van der Waals surface area contributed by atoms with Gasteiger partial charge >= 0.3 is 0 Å². The highest BCUT2D eigenvalue weighted by atomic mass is 32.2. The molecule has 6 nitrogen and oxygen atoms in total. The minimum absolute atomic E-state index is 0.311. The van der Waals surface area contributed by atoms with Crippen molar-refractivity contribution in [1.29, 1.82) is 0 Å². The van der Waals surface area contributed by atoms with Crippen LogP contribution in [-0.4, -0.2) is 33.2 Å². The van der Waals surface area contributed by atoms with Crippen LogP contribution in [0.15, 0.2) is 28.0 Å². The largest absolute Gasteiger partial charge is 0.246 e. The Bertz CT molecular complexity index is 772. The van der Waals surface area contributed by atoms with Gasteiger partial charge in [0.1, 0.15) is 10.7 Å². The molecule has 0 unspecified atom stereocenters. The molecule has 2 N–H and O–H groups in total. The Hall–Kier alpha value is -1.03. The van der Waals surface area contributed by atoms with E-state index in [-0.39, 0.29) is 0 Å². The van der Waals surface area contributed by atoms with Crippen molar-refractivity contribution in [1.82, 2.24) is 4.31 Å². The summed E-state index contributed by atoms with van der Waals surface area (Å²) in [6.45, 7) is 3.86. The number of primary sulfonamides is 1. The van der Waals surface area contributed by atoms with Gasteiger partial charge in [-0.1, -0.05) is 0 Å². The minimum Gasteiger partial charge on any atom is -0.225 e. The zero-order chi connectivity index (χ0) is 16.1. The molecule has 1 aliphatic rings. The highest BCUT2D eigenvalue weighted by molar-refractivity contribution is 7.89. The van der Waals surface area contributed by atoms with Crippen LogP contribution in [0.25, 0.3) is 0 Å². The Morgan fingerprint density at radius 3 is 2.29 bits per heavy atom. The molecule has 0 aromatic heterocycles. The molecule has 0 spiro atoms. The van der Waals surface area contributed by atoms with E-state index in [9.17, 15) is 21.2 Å². The fourth-order valence-electron chi connectivity index (χ4n) is 2.51. The van der Waals surface area contributed by atoms with Crippen molar-refractivity contribution < 1.29 is 21.2 Å². The van der Waals surface area contributed by atoms with Crippen LogP contribution >= 0.6 is 0 Å². The Kier molecular flexibility index (Phi) is 3.90. The Balaban J connectivity index is 2.52. The van der Waals surface area contributed by atoms with E-state index < -0.39 is 41.2 Å². The molecular weight excluding hydrogens is 319 g/mol. The van der Waals surface area contributed by atoms with Gasteiger partial charge in [0, 0.05) is 12.1 Å². The zero-order valence-corrected chi connectivity index (χ0v) is 13.3.